The van der Waals surface area contributed by atoms with Gasteiger partial charge < -0.3 is 15.0 Å². The van der Waals surface area contributed by atoms with Crippen LogP contribution in [-0.2, 0) is 0 Å². The molecule has 4 rings (SSSR count). The number of fused-ring (bicyclic) bond motifs is 1. The van der Waals surface area contributed by atoms with E-state index in [4.69, 9.17) is 4.74 Å². The number of halogens is 1. The number of rotatable bonds is 4. The molecule has 1 atom stereocenters. The standard InChI is InChI=1S/C19H23BrN6O/c1-12-7-14(20)8-16(27-3)17(12)26-10-13-9-21-19(23-18(13)24-26)22-15-5-4-6-25(2)11-15/h7-10,15H,4-6,11H2,1-3H3,(H,22,23,24)/t15-/m1/s1. The second kappa shape index (κ2) is 7.44. The maximum Gasteiger partial charge on any atom is 0.225 e. The minimum atomic E-state index is 0.372. The Morgan fingerprint density at radius 2 is 2.19 bits per heavy atom. The van der Waals surface area contributed by atoms with Gasteiger partial charge in [0, 0.05) is 29.5 Å². The number of aryl methyl sites for hydroxylation is 1. The number of likely N-dealkylation sites (tertiary alicyclic amines) is 1. The van der Waals surface area contributed by atoms with Gasteiger partial charge in [-0.2, -0.15) is 4.98 Å². The van der Waals surface area contributed by atoms with Gasteiger partial charge in [-0.3, -0.25) is 0 Å². The Hall–Kier alpha value is -2.19. The highest BCUT2D eigenvalue weighted by Gasteiger charge is 2.18. The van der Waals surface area contributed by atoms with Crippen LogP contribution in [-0.4, -0.2) is 57.9 Å². The molecule has 8 heteroatoms. The van der Waals surface area contributed by atoms with E-state index < -0.39 is 0 Å². The lowest BCUT2D eigenvalue weighted by Gasteiger charge is -2.30. The van der Waals surface area contributed by atoms with Gasteiger partial charge in [-0.05, 0) is 51.1 Å². The molecular weight excluding hydrogens is 408 g/mol. The van der Waals surface area contributed by atoms with Gasteiger partial charge in [0.2, 0.25) is 5.95 Å². The van der Waals surface area contributed by atoms with Crippen molar-refractivity contribution in [2.45, 2.75) is 25.8 Å². The van der Waals surface area contributed by atoms with Crippen LogP contribution < -0.4 is 10.1 Å². The molecule has 1 aliphatic heterocycles. The first-order valence-corrected chi connectivity index (χ1v) is 9.85. The van der Waals surface area contributed by atoms with Crippen molar-refractivity contribution in [2.75, 3.05) is 32.6 Å². The highest BCUT2D eigenvalue weighted by Crippen LogP contribution is 2.31. The van der Waals surface area contributed by atoms with Crippen LogP contribution in [0.15, 0.2) is 29.0 Å². The molecule has 3 aromatic rings. The summed E-state index contributed by atoms with van der Waals surface area (Å²) >= 11 is 3.51. The van der Waals surface area contributed by atoms with Crippen molar-refractivity contribution in [1.82, 2.24) is 24.6 Å². The third kappa shape index (κ3) is 3.77. The molecule has 2 aromatic heterocycles. The van der Waals surface area contributed by atoms with Crippen LogP contribution in [0.2, 0.25) is 0 Å². The van der Waals surface area contributed by atoms with E-state index in [2.05, 4.69) is 48.3 Å². The van der Waals surface area contributed by atoms with E-state index in [1.807, 2.05) is 36.1 Å². The van der Waals surface area contributed by atoms with Crippen LogP contribution in [0, 0.1) is 6.92 Å². The largest absolute Gasteiger partial charge is 0.494 e. The quantitative estimate of drug-likeness (QED) is 0.683. The number of likely N-dealkylation sites (N-methyl/N-ethyl adjacent to an activating group) is 1. The van der Waals surface area contributed by atoms with Crippen molar-refractivity contribution in [3.05, 3.63) is 34.6 Å². The molecule has 1 aromatic carbocycles. The molecule has 142 valence electrons. The predicted molar refractivity (Wildman–Crippen MR) is 110 cm³/mol. The number of nitrogens with one attached hydrogen (secondary N) is 1. The SMILES string of the molecule is COc1cc(Br)cc(C)c1-n1cc2cnc(N[C@@H]3CCCN(C)C3)nc2n1. The predicted octanol–water partition coefficient (Wildman–Crippen LogP) is 3.40. The molecule has 0 aliphatic carbocycles. The summed E-state index contributed by atoms with van der Waals surface area (Å²) in [5.74, 6) is 1.39. The smallest absolute Gasteiger partial charge is 0.225 e. The van der Waals surface area contributed by atoms with Crippen LogP contribution in [0.1, 0.15) is 18.4 Å². The fourth-order valence-corrected chi connectivity index (χ4v) is 4.17. The fourth-order valence-electron chi connectivity index (χ4n) is 3.62. The summed E-state index contributed by atoms with van der Waals surface area (Å²) in [5, 5.41) is 9.01. The van der Waals surface area contributed by atoms with Crippen molar-refractivity contribution in [3.8, 4) is 11.4 Å². The molecule has 0 bridgehead atoms. The first kappa shape index (κ1) is 18.2. The molecule has 27 heavy (non-hydrogen) atoms. The van der Waals surface area contributed by atoms with Crippen LogP contribution in [0.5, 0.6) is 5.75 Å². The van der Waals surface area contributed by atoms with Crippen LogP contribution in [0.3, 0.4) is 0 Å². The summed E-state index contributed by atoms with van der Waals surface area (Å²) in [6.45, 7) is 4.19. The number of benzene rings is 1. The van der Waals surface area contributed by atoms with Crippen molar-refractivity contribution in [1.29, 1.82) is 0 Å². The Morgan fingerprint density at radius 1 is 1.33 bits per heavy atom. The van der Waals surface area contributed by atoms with Crippen molar-refractivity contribution in [3.63, 3.8) is 0 Å². The normalized spacial score (nSPS) is 18.0. The lowest BCUT2D eigenvalue weighted by atomic mass is 10.1. The van der Waals surface area contributed by atoms with Gasteiger partial charge in [-0.25, -0.2) is 9.67 Å². The van der Waals surface area contributed by atoms with E-state index in [1.165, 1.54) is 6.42 Å². The number of anilines is 1. The maximum atomic E-state index is 5.55. The Balaban J connectivity index is 1.66. The number of aromatic nitrogens is 4. The Bertz CT molecular complexity index is 972. The molecule has 1 saturated heterocycles. The Morgan fingerprint density at radius 3 is 2.96 bits per heavy atom. The average Bonchev–Trinajstić information content (AvgIpc) is 3.03. The third-order valence-corrected chi connectivity index (χ3v) is 5.35. The van der Waals surface area contributed by atoms with Crippen molar-refractivity contribution >= 4 is 32.9 Å². The van der Waals surface area contributed by atoms with E-state index in [-0.39, 0.29) is 0 Å². The molecule has 0 unspecified atom stereocenters. The molecule has 0 amide bonds. The minimum absolute atomic E-state index is 0.372. The number of ether oxygens (including phenoxy) is 1. The number of hydrogen-bond donors (Lipinski definition) is 1. The van der Waals surface area contributed by atoms with Crippen molar-refractivity contribution in [2.24, 2.45) is 0 Å². The molecule has 1 fully saturated rings. The molecule has 1 N–H and O–H groups in total. The Kier molecular flexibility index (Phi) is 5.01. The van der Waals surface area contributed by atoms with E-state index in [1.54, 1.807) is 7.11 Å². The van der Waals surface area contributed by atoms with Gasteiger partial charge >= 0.3 is 0 Å². The molecule has 7 nitrogen and oxygen atoms in total. The Labute approximate surface area is 166 Å². The summed E-state index contributed by atoms with van der Waals surface area (Å²) in [6.07, 6.45) is 6.08. The van der Waals surface area contributed by atoms with E-state index in [0.29, 0.717) is 17.6 Å². The zero-order valence-electron chi connectivity index (χ0n) is 15.7. The molecule has 0 saturated carbocycles. The highest BCUT2D eigenvalue weighted by atomic mass is 79.9. The van der Waals surface area contributed by atoms with Gasteiger partial charge in [0.25, 0.3) is 0 Å². The topological polar surface area (TPSA) is 68.1 Å². The number of methoxy groups -OCH3 is 1. The van der Waals surface area contributed by atoms with Crippen LogP contribution in [0.4, 0.5) is 5.95 Å². The number of nitrogens with zero attached hydrogens (tertiary/aromatic N) is 5. The monoisotopic (exact) mass is 430 g/mol. The molecule has 0 radical (unpaired) electrons. The molecule has 3 heterocycles. The van der Waals surface area contributed by atoms with Crippen LogP contribution in [0.25, 0.3) is 16.7 Å². The van der Waals surface area contributed by atoms with E-state index in [0.717, 1.165) is 46.4 Å². The zero-order valence-corrected chi connectivity index (χ0v) is 17.3. The summed E-state index contributed by atoms with van der Waals surface area (Å²) in [7, 11) is 3.81. The molecule has 1 aliphatic rings. The van der Waals surface area contributed by atoms with E-state index >= 15 is 0 Å². The van der Waals surface area contributed by atoms with Crippen molar-refractivity contribution < 1.29 is 4.74 Å². The van der Waals surface area contributed by atoms with Crippen LogP contribution >= 0.6 is 15.9 Å². The van der Waals surface area contributed by atoms with Gasteiger partial charge in [0.1, 0.15) is 11.4 Å². The second-order valence-electron chi connectivity index (χ2n) is 7.07. The lowest BCUT2D eigenvalue weighted by Crippen LogP contribution is -2.40. The lowest BCUT2D eigenvalue weighted by molar-refractivity contribution is 0.260. The fraction of sp³-hybridized carbons (Fsp3) is 0.421. The summed E-state index contributed by atoms with van der Waals surface area (Å²) < 4.78 is 8.34. The zero-order chi connectivity index (χ0) is 19.0. The number of piperidine rings is 1. The van der Waals surface area contributed by atoms with Gasteiger partial charge in [0.05, 0.1) is 12.5 Å². The van der Waals surface area contributed by atoms with E-state index in [9.17, 15) is 0 Å². The third-order valence-electron chi connectivity index (χ3n) is 4.90. The summed E-state index contributed by atoms with van der Waals surface area (Å²) in [4.78, 5) is 11.4. The first-order chi connectivity index (χ1) is 13.0. The number of hydrogen-bond acceptors (Lipinski definition) is 6. The van der Waals surface area contributed by atoms with Gasteiger partial charge in [-0.15, -0.1) is 5.10 Å². The van der Waals surface area contributed by atoms with Gasteiger partial charge in [-0.1, -0.05) is 15.9 Å². The molecule has 0 spiro atoms. The molecular formula is C19H23BrN6O. The highest BCUT2D eigenvalue weighted by molar-refractivity contribution is 9.10. The average molecular weight is 431 g/mol. The second-order valence-corrected chi connectivity index (χ2v) is 7.98. The summed E-state index contributed by atoms with van der Waals surface area (Å²) in [5.41, 5.74) is 2.63. The first-order valence-electron chi connectivity index (χ1n) is 9.05. The minimum Gasteiger partial charge on any atom is -0.494 e. The maximum absolute atomic E-state index is 5.55. The summed E-state index contributed by atoms with van der Waals surface area (Å²) in [6, 6.07) is 4.35. The van der Waals surface area contributed by atoms with Gasteiger partial charge in [0.15, 0.2) is 5.65 Å².